The van der Waals surface area contributed by atoms with Crippen LogP contribution in [0.25, 0.3) is 11.1 Å². The lowest BCUT2D eigenvalue weighted by atomic mass is 10.0. The lowest BCUT2D eigenvalue weighted by Gasteiger charge is -2.17. The van der Waals surface area contributed by atoms with Crippen LogP contribution in [0.3, 0.4) is 0 Å². The van der Waals surface area contributed by atoms with Gasteiger partial charge in [0.05, 0.1) is 16.5 Å². The Hall–Kier alpha value is -2.23. The Labute approximate surface area is 154 Å². The molecule has 2 rings (SSSR count). The van der Waals surface area contributed by atoms with Gasteiger partial charge in [0, 0.05) is 6.04 Å². The Bertz CT molecular complexity index is 881. The molecule has 26 heavy (non-hydrogen) atoms. The van der Waals surface area contributed by atoms with Crippen molar-refractivity contribution >= 4 is 10.0 Å². The normalized spacial score (nSPS) is 11.5. The lowest BCUT2D eigenvalue weighted by molar-refractivity contribution is 0.494. The minimum Gasteiger partial charge on any atom is -0.208 e. The maximum absolute atomic E-state index is 13.3. The number of sulfonamides is 1. The first-order chi connectivity index (χ1) is 12.4. The van der Waals surface area contributed by atoms with Crippen LogP contribution in [0.5, 0.6) is 0 Å². The van der Waals surface area contributed by atoms with Gasteiger partial charge in [-0.05, 0) is 48.2 Å². The number of hydrogen-bond acceptors (Lipinski definition) is 3. The highest BCUT2D eigenvalue weighted by Crippen LogP contribution is 2.25. The number of rotatable bonds is 8. The van der Waals surface area contributed by atoms with E-state index in [2.05, 4.69) is 4.72 Å². The molecule has 0 heterocycles. The number of nitrogens with zero attached hydrogens (tertiary/aromatic N) is 1. The number of nitrogens with one attached hydrogen (secondary N) is 1. The molecule has 0 unspecified atom stereocenters. The summed E-state index contributed by atoms with van der Waals surface area (Å²) in [6.07, 6.45) is 3.42. The Morgan fingerprint density at radius 2 is 1.69 bits per heavy atom. The van der Waals surface area contributed by atoms with Crippen molar-refractivity contribution in [3.05, 3.63) is 53.8 Å². The van der Waals surface area contributed by atoms with Crippen LogP contribution >= 0.6 is 0 Å². The molecule has 0 fully saturated rings. The van der Waals surface area contributed by atoms with Gasteiger partial charge in [0.1, 0.15) is 5.82 Å². The first-order valence-electron chi connectivity index (χ1n) is 8.73. The summed E-state index contributed by atoms with van der Waals surface area (Å²) in [5.41, 5.74) is 1.45. The molecule has 0 aliphatic carbocycles. The average molecular weight is 374 g/mol. The summed E-state index contributed by atoms with van der Waals surface area (Å²) in [5, 5.41) is 9.17. The van der Waals surface area contributed by atoms with Gasteiger partial charge in [-0.3, -0.25) is 0 Å². The van der Waals surface area contributed by atoms with Crippen LogP contribution in [0.2, 0.25) is 0 Å². The van der Waals surface area contributed by atoms with Gasteiger partial charge < -0.3 is 0 Å². The molecule has 0 aliphatic rings. The molecule has 0 saturated heterocycles. The summed E-state index contributed by atoms with van der Waals surface area (Å²) in [4.78, 5) is 0.180. The third kappa shape index (κ3) is 4.90. The summed E-state index contributed by atoms with van der Waals surface area (Å²) in [6.45, 7) is 4.06. The van der Waals surface area contributed by atoms with E-state index in [-0.39, 0.29) is 16.5 Å². The summed E-state index contributed by atoms with van der Waals surface area (Å²) in [7, 11) is -3.60. The van der Waals surface area contributed by atoms with E-state index in [1.54, 1.807) is 12.1 Å². The van der Waals surface area contributed by atoms with Crippen molar-refractivity contribution in [2.24, 2.45) is 0 Å². The molecule has 2 aromatic carbocycles. The van der Waals surface area contributed by atoms with E-state index in [0.717, 1.165) is 25.7 Å². The maximum atomic E-state index is 13.3. The van der Waals surface area contributed by atoms with Gasteiger partial charge in [-0.25, -0.2) is 17.5 Å². The predicted octanol–water partition coefficient (Wildman–Crippen LogP) is 4.61. The molecule has 6 heteroatoms. The minimum atomic E-state index is -3.60. The second-order valence-corrected chi connectivity index (χ2v) is 7.94. The van der Waals surface area contributed by atoms with Crippen LogP contribution in [-0.2, 0) is 10.0 Å². The van der Waals surface area contributed by atoms with Gasteiger partial charge in [0.15, 0.2) is 0 Å². The van der Waals surface area contributed by atoms with Crippen LogP contribution in [0, 0.1) is 17.1 Å². The molecule has 0 bridgehead atoms. The quantitative estimate of drug-likeness (QED) is 0.733. The first-order valence-corrected chi connectivity index (χ1v) is 10.2. The zero-order valence-corrected chi connectivity index (χ0v) is 15.8. The van der Waals surface area contributed by atoms with Crippen LogP contribution in [0.15, 0.2) is 47.4 Å². The number of benzene rings is 2. The van der Waals surface area contributed by atoms with Gasteiger partial charge in [0.25, 0.3) is 0 Å². The van der Waals surface area contributed by atoms with Crippen LogP contribution in [0.1, 0.15) is 45.1 Å². The highest BCUT2D eigenvalue weighted by molar-refractivity contribution is 7.89. The zero-order valence-electron chi connectivity index (χ0n) is 15.0. The summed E-state index contributed by atoms with van der Waals surface area (Å²) >= 11 is 0. The van der Waals surface area contributed by atoms with E-state index in [9.17, 15) is 12.8 Å². The second kappa shape index (κ2) is 8.93. The van der Waals surface area contributed by atoms with E-state index in [4.69, 9.17) is 5.26 Å². The number of nitriles is 1. The average Bonchev–Trinajstić information content (AvgIpc) is 2.62. The van der Waals surface area contributed by atoms with Crippen molar-refractivity contribution in [3.63, 3.8) is 0 Å². The largest absolute Gasteiger partial charge is 0.240 e. The monoisotopic (exact) mass is 374 g/mol. The predicted molar refractivity (Wildman–Crippen MR) is 100 cm³/mol. The van der Waals surface area contributed by atoms with E-state index < -0.39 is 15.8 Å². The van der Waals surface area contributed by atoms with Crippen molar-refractivity contribution in [1.82, 2.24) is 4.72 Å². The van der Waals surface area contributed by atoms with Gasteiger partial charge in [0.2, 0.25) is 10.0 Å². The number of halogens is 1. The smallest absolute Gasteiger partial charge is 0.208 e. The fraction of sp³-hybridized carbons (Fsp3) is 0.350. The third-order valence-electron chi connectivity index (χ3n) is 4.17. The van der Waals surface area contributed by atoms with Gasteiger partial charge in [-0.2, -0.15) is 5.26 Å². The Morgan fingerprint density at radius 1 is 1.08 bits per heavy atom. The molecule has 4 nitrogen and oxygen atoms in total. The molecule has 0 spiro atoms. The van der Waals surface area contributed by atoms with E-state index in [0.29, 0.717) is 11.1 Å². The summed E-state index contributed by atoms with van der Waals surface area (Å²) < 4.78 is 41.2. The minimum absolute atomic E-state index is 0.0723. The maximum Gasteiger partial charge on any atom is 0.240 e. The molecule has 2 aromatic rings. The highest BCUT2D eigenvalue weighted by Gasteiger charge is 2.19. The molecular weight excluding hydrogens is 351 g/mol. The van der Waals surface area contributed by atoms with Gasteiger partial charge in [-0.1, -0.05) is 44.9 Å². The van der Waals surface area contributed by atoms with Crippen LogP contribution < -0.4 is 4.72 Å². The molecule has 138 valence electrons. The van der Waals surface area contributed by atoms with Gasteiger partial charge in [-0.15, -0.1) is 0 Å². The summed E-state index contributed by atoms with van der Waals surface area (Å²) in [6, 6.07) is 12.2. The number of hydrogen-bond donors (Lipinski definition) is 1. The SMILES string of the molecule is CCCC(CCC)NS(=O)(=O)c1ccc(-c2ccc(F)cc2C#N)cc1. The summed E-state index contributed by atoms with van der Waals surface area (Å²) in [5.74, 6) is -0.480. The van der Waals surface area contributed by atoms with E-state index in [1.807, 2.05) is 19.9 Å². The first kappa shape index (κ1) is 20.1. The molecule has 0 atom stereocenters. The Balaban J connectivity index is 2.27. The molecule has 0 radical (unpaired) electrons. The van der Waals surface area contributed by atoms with Crippen molar-refractivity contribution < 1.29 is 12.8 Å². The van der Waals surface area contributed by atoms with Crippen molar-refractivity contribution in [2.45, 2.75) is 50.5 Å². The van der Waals surface area contributed by atoms with Gasteiger partial charge >= 0.3 is 0 Å². The standard InChI is InChI=1S/C20H23FN2O2S/c1-3-5-18(6-4-2)23-26(24,25)19-10-7-15(8-11-19)20-12-9-17(21)13-16(20)14-22/h7-13,18,23H,3-6H2,1-2H3. The molecule has 0 saturated carbocycles. The molecule has 0 aromatic heterocycles. The molecule has 1 N–H and O–H groups in total. The molecule has 0 aliphatic heterocycles. The third-order valence-corrected chi connectivity index (χ3v) is 5.71. The molecular formula is C20H23FN2O2S. The Morgan fingerprint density at radius 3 is 2.23 bits per heavy atom. The van der Waals surface area contributed by atoms with E-state index in [1.165, 1.54) is 30.3 Å². The Kier molecular flexibility index (Phi) is 6.90. The van der Waals surface area contributed by atoms with E-state index >= 15 is 0 Å². The zero-order chi connectivity index (χ0) is 19.2. The lowest BCUT2D eigenvalue weighted by Crippen LogP contribution is -2.34. The highest BCUT2D eigenvalue weighted by atomic mass is 32.2. The fourth-order valence-corrected chi connectivity index (χ4v) is 4.23. The van der Waals surface area contributed by atoms with Crippen molar-refractivity contribution in [1.29, 1.82) is 5.26 Å². The van der Waals surface area contributed by atoms with Crippen molar-refractivity contribution in [2.75, 3.05) is 0 Å². The van der Waals surface area contributed by atoms with Crippen LogP contribution in [-0.4, -0.2) is 14.5 Å². The topological polar surface area (TPSA) is 70.0 Å². The second-order valence-electron chi connectivity index (χ2n) is 6.22. The fourth-order valence-electron chi connectivity index (χ4n) is 2.92. The van der Waals surface area contributed by atoms with Crippen LogP contribution in [0.4, 0.5) is 4.39 Å². The van der Waals surface area contributed by atoms with Crippen molar-refractivity contribution in [3.8, 4) is 17.2 Å². The molecule has 0 amide bonds.